The van der Waals surface area contributed by atoms with E-state index in [1.807, 2.05) is 11.8 Å². The molecule has 1 amide bonds. The third kappa shape index (κ3) is 4.92. The molecule has 0 bridgehead atoms. The van der Waals surface area contributed by atoms with Crippen LogP contribution in [-0.2, 0) is 9.59 Å². The van der Waals surface area contributed by atoms with Gasteiger partial charge in [0.05, 0.1) is 6.54 Å². The van der Waals surface area contributed by atoms with Crippen molar-refractivity contribution in [1.82, 2.24) is 9.80 Å². The number of aliphatic carboxylic acids is 1. The molecule has 1 saturated heterocycles. The Hall–Kier alpha value is -2.15. The van der Waals surface area contributed by atoms with Gasteiger partial charge >= 0.3 is 5.97 Å². The Morgan fingerprint density at radius 2 is 2.00 bits per heavy atom. The molecule has 1 aliphatic heterocycles. The van der Waals surface area contributed by atoms with Gasteiger partial charge in [-0.05, 0) is 31.5 Å². The molecule has 0 spiro atoms. The van der Waals surface area contributed by atoms with Crippen LogP contribution in [0.4, 0.5) is 4.39 Å². The van der Waals surface area contributed by atoms with E-state index in [9.17, 15) is 14.0 Å². The van der Waals surface area contributed by atoms with E-state index in [-0.39, 0.29) is 30.9 Å². The summed E-state index contributed by atoms with van der Waals surface area (Å²) in [6.45, 7) is 3.54. The average molecular weight is 338 g/mol. The number of piperidine rings is 1. The minimum atomic E-state index is -0.839. The van der Waals surface area contributed by atoms with Crippen molar-refractivity contribution in [2.24, 2.45) is 0 Å². The fourth-order valence-electron chi connectivity index (χ4n) is 2.95. The highest BCUT2D eigenvalue weighted by Crippen LogP contribution is 2.18. The summed E-state index contributed by atoms with van der Waals surface area (Å²) in [6, 6.07) is 6.15. The van der Waals surface area contributed by atoms with E-state index < -0.39 is 11.8 Å². The Morgan fingerprint density at radius 3 is 2.58 bits per heavy atom. The molecule has 24 heavy (non-hydrogen) atoms. The molecule has 0 unspecified atom stereocenters. The van der Waals surface area contributed by atoms with Crippen LogP contribution in [0.2, 0.25) is 0 Å². The maximum absolute atomic E-state index is 13.5. The van der Waals surface area contributed by atoms with E-state index in [1.165, 1.54) is 12.1 Å². The molecule has 1 heterocycles. The van der Waals surface area contributed by atoms with Crippen LogP contribution in [0.5, 0.6) is 5.75 Å². The summed E-state index contributed by atoms with van der Waals surface area (Å²) in [6.07, 6.45) is 1.46. The molecule has 0 aliphatic carbocycles. The number of hydrogen-bond donors (Lipinski definition) is 1. The van der Waals surface area contributed by atoms with Crippen molar-refractivity contribution in [2.75, 3.05) is 32.8 Å². The first-order valence-electron chi connectivity index (χ1n) is 8.12. The second-order valence-electron chi connectivity index (χ2n) is 5.79. The number of hydrogen-bond acceptors (Lipinski definition) is 4. The Bertz CT molecular complexity index is 573. The van der Waals surface area contributed by atoms with Gasteiger partial charge in [0.1, 0.15) is 0 Å². The lowest BCUT2D eigenvalue weighted by Crippen LogP contribution is -2.49. The molecule has 1 aliphatic rings. The van der Waals surface area contributed by atoms with Gasteiger partial charge in [-0.15, -0.1) is 0 Å². The van der Waals surface area contributed by atoms with Gasteiger partial charge in [-0.1, -0.05) is 19.1 Å². The minimum Gasteiger partial charge on any atom is -0.481 e. The third-order valence-corrected chi connectivity index (χ3v) is 4.27. The lowest BCUT2D eigenvalue weighted by molar-refractivity contribution is -0.140. The monoisotopic (exact) mass is 338 g/mol. The van der Waals surface area contributed by atoms with Crippen LogP contribution in [0.3, 0.4) is 0 Å². The molecule has 1 fully saturated rings. The Kier molecular flexibility index (Phi) is 6.54. The number of rotatable bonds is 7. The predicted molar refractivity (Wildman–Crippen MR) is 86.4 cm³/mol. The van der Waals surface area contributed by atoms with Gasteiger partial charge < -0.3 is 14.7 Å². The van der Waals surface area contributed by atoms with Crippen LogP contribution < -0.4 is 4.74 Å². The standard InChI is InChI=1S/C17H23FN2O4/c1-2-19(11-17(22)23)13-7-9-20(10-8-13)16(21)12-24-15-6-4-3-5-14(15)18/h3-6,13H,2,7-12H2,1H3,(H,22,23). The van der Waals surface area contributed by atoms with E-state index in [4.69, 9.17) is 9.84 Å². The minimum absolute atomic E-state index is 0.0194. The smallest absolute Gasteiger partial charge is 0.317 e. The largest absolute Gasteiger partial charge is 0.481 e. The van der Waals surface area contributed by atoms with Crippen LogP contribution in [0.25, 0.3) is 0 Å². The average Bonchev–Trinajstić information content (AvgIpc) is 2.58. The topological polar surface area (TPSA) is 70.1 Å². The number of carbonyl (C=O) groups excluding carboxylic acids is 1. The van der Waals surface area contributed by atoms with E-state index in [0.29, 0.717) is 19.6 Å². The zero-order valence-electron chi connectivity index (χ0n) is 13.8. The maximum atomic E-state index is 13.5. The molecule has 1 aromatic carbocycles. The molecule has 132 valence electrons. The van der Waals surface area contributed by atoms with Crippen LogP contribution in [-0.4, -0.2) is 65.6 Å². The fraction of sp³-hybridized carbons (Fsp3) is 0.529. The predicted octanol–water partition coefficient (Wildman–Crippen LogP) is 1.60. The molecule has 7 heteroatoms. The quantitative estimate of drug-likeness (QED) is 0.818. The summed E-state index contributed by atoms with van der Waals surface area (Å²) in [7, 11) is 0. The summed E-state index contributed by atoms with van der Waals surface area (Å²) in [5.41, 5.74) is 0. The SMILES string of the molecule is CCN(CC(=O)O)C1CCN(C(=O)COc2ccccc2F)CC1. The van der Waals surface area contributed by atoms with Gasteiger partial charge in [0.2, 0.25) is 0 Å². The molecule has 0 atom stereocenters. The van der Waals surface area contributed by atoms with Gasteiger partial charge in [-0.3, -0.25) is 14.5 Å². The summed E-state index contributed by atoms with van der Waals surface area (Å²) < 4.78 is 18.7. The Labute approximate surface area is 140 Å². The number of para-hydroxylation sites is 1. The van der Waals surface area contributed by atoms with E-state index in [1.54, 1.807) is 17.0 Å². The lowest BCUT2D eigenvalue weighted by atomic mass is 10.0. The third-order valence-electron chi connectivity index (χ3n) is 4.27. The number of amides is 1. The number of halogens is 1. The Balaban J connectivity index is 1.80. The molecule has 0 saturated carbocycles. The number of carboxylic acids is 1. The number of likely N-dealkylation sites (N-methyl/N-ethyl adjacent to an activating group) is 1. The summed E-state index contributed by atoms with van der Waals surface area (Å²) in [5.74, 6) is -1.44. The Morgan fingerprint density at radius 1 is 1.33 bits per heavy atom. The first kappa shape index (κ1) is 18.2. The summed E-state index contributed by atoms with van der Waals surface area (Å²) in [4.78, 5) is 26.7. The van der Waals surface area contributed by atoms with Gasteiger partial charge in [0, 0.05) is 19.1 Å². The van der Waals surface area contributed by atoms with Crippen LogP contribution in [0, 0.1) is 5.82 Å². The number of benzene rings is 1. The normalized spacial score (nSPS) is 15.5. The second kappa shape index (κ2) is 8.63. The van der Waals surface area contributed by atoms with Crippen molar-refractivity contribution in [3.05, 3.63) is 30.1 Å². The number of carbonyl (C=O) groups is 2. The molecular weight excluding hydrogens is 315 g/mol. The van der Waals surface area contributed by atoms with Crippen molar-refractivity contribution >= 4 is 11.9 Å². The lowest BCUT2D eigenvalue weighted by Gasteiger charge is -2.37. The first-order valence-corrected chi connectivity index (χ1v) is 8.12. The van der Waals surface area contributed by atoms with Crippen LogP contribution in [0.1, 0.15) is 19.8 Å². The summed E-state index contributed by atoms with van der Waals surface area (Å²) >= 11 is 0. The fourth-order valence-corrected chi connectivity index (χ4v) is 2.95. The van der Waals surface area contributed by atoms with Gasteiger partial charge in [-0.25, -0.2) is 4.39 Å². The molecule has 0 aromatic heterocycles. The zero-order chi connectivity index (χ0) is 17.5. The van der Waals surface area contributed by atoms with Crippen molar-refractivity contribution in [1.29, 1.82) is 0 Å². The highest BCUT2D eigenvalue weighted by Gasteiger charge is 2.27. The molecule has 6 nitrogen and oxygen atoms in total. The van der Waals surface area contributed by atoms with E-state index >= 15 is 0 Å². The first-order chi connectivity index (χ1) is 11.5. The second-order valence-corrected chi connectivity index (χ2v) is 5.79. The van der Waals surface area contributed by atoms with Crippen molar-refractivity contribution in [3.8, 4) is 5.75 Å². The van der Waals surface area contributed by atoms with Crippen molar-refractivity contribution in [2.45, 2.75) is 25.8 Å². The van der Waals surface area contributed by atoms with Gasteiger partial charge in [-0.2, -0.15) is 0 Å². The van der Waals surface area contributed by atoms with Gasteiger partial charge in [0.25, 0.3) is 5.91 Å². The highest BCUT2D eigenvalue weighted by atomic mass is 19.1. The number of ether oxygens (including phenoxy) is 1. The zero-order valence-corrected chi connectivity index (χ0v) is 13.8. The molecule has 1 N–H and O–H groups in total. The van der Waals surface area contributed by atoms with E-state index in [2.05, 4.69) is 0 Å². The number of carboxylic acid groups (broad SMARTS) is 1. The van der Waals surface area contributed by atoms with Crippen LogP contribution >= 0.6 is 0 Å². The highest BCUT2D eigenvalue weighted by molar-refractivity contribution is 5.77. The molecular formula is C17H23FN2O4. The summed E-state index contributed by atoms with van der Waals surface area (Å²) in [5, 5.41) is 8.93. The number of nitrogens with zero attached hydrogens (tertiary/aromatic N) is 2. The van der Waals surface area contributed by atoms with Gasteiger partial charge in [0.15, 0.2) is 18.2 Å². The number of likely N-dealkylation sites (tertiary alicyclic amines) is 1. The van der Waals surface area contributed by atoms with Crippen LogP contribution in [0.15, 0.2) is 24.3 Å². The molecule has 2 rings (SSSR count). The van der Waals surface area contributed by atoms with E-state index in [0.717, 1.165) is 12.8 Å². The van der Waals surface area contributed by atoms with Crippen molar-refractivity contribution in [3.63, 3.8) is 0 Å². The maximum Gasteiger partial charge on any atom is 0.317 e. The van der Waals surface area contributed by atoms with Crippen molar-refractivity contribution < 1.29 is 23.8 Å². The molecule has 0 radical (unpaired) electrons. The molecule has 1 aromatic rings.